The molecule has 0 amide bonds. The Kier molecular flexibility index (Phi) is 5.87. The highest BCUT2D eigenvalue weighted by Crippen LogP contribution is 2.66. The summed E-state index contributed by atoms with van der Waals surface area (Å²) in [4.78, 5) is 0. The van der Waals surface area contributed by atoms with E-state index < -0.39 is 0 Å². The van der Waals surface area contributed by atoms with Crippen LogP contribution >= 0.6 is 0 Å². The van der Waals surface area contributed by atoms with Gasteiger partial charge in [-0.2, -0.15) is 0 Å². The predicted molar refractivity (Wildman–Crippen MR) is 119 cm³/mol. The molecule has 3 fully saturated rings. The number of fused-ring (bicyclic) bond motifs is 5. The van der Waals surface area contributed by atoms with Crippen molar-refractivity contribution in [2.45, 2.75) is 98.3 Å². The van der Waals surface area contributed by atoms with Crippen LogP contribution in [0.1, 0.15) is 98.3 Å². The van der Waals surface area contributed by atoms with E-state index in [1.54, 1.807) is 0 Å². The second kappa shape index (κ2) is 7.93. The standard InChI is InChI=1S/C27H44O/c1-19(18-28)8-7-9-20(2)23-13-14-24-22-12-11-21-10-5-6-16-26(21,3)25(22)15-17-27(23,24)4/h8,12,20-21,23-25,28H,5-7,9-11,13-18H2,1-4H3/t20-,21?,23-,24+,25+,26+,27-/m1/s1. The molecule has 0 spiro atoms. The van der Waals surface area contributed by atoms with Crippen molar-refractivity contribution >= 4 is 0 Å². The molecule has 1 nitrogen and oxygen atoms in total. The maximum atomic E-state index is 9.25. The number of hydrogen-bond donors (Lipinski definition) is 1. The molecular weight excluding hydrogens is 340 g/mol. The minimum atomic E-state index is 0.215. The summed E-state index contributed by atoms with van der Waals surface area (Å²) in [5.74, 6) is 4.43. The van der Waals surface area contributed by atoms with Crippen LogP contribution in [-0.2, 0) is 0 Å². The second-order valence-electron chi connectivity index (χ2n) is 11.5. The molecule has 4 aliphatic carbocycles. The average molecular weight is 385 g/mol. The van der Waals surface area contributed by atoms with Crippen molar-refractivity contribution in [2.75, 3.05) is 6.61 Å². The molecule has 0 aromatic heterocycles. The lowest BCUT2D eigenvalue weighted by Gasteiger charge is -2.57. The van der Waals surface area contributed by atoms with Gasteiger partial charge in [-0.1, -0.05) is 56.9 Å². The summed E-state index contributed by atoms with van der Waals surface area (Å²) in [5, 5.41) is 9.25. The smallest absolute Gasteiger partial charge is 0.0639 e. The molecular formula is C27H44O. The number of rotatable bonds is 5. The van der Waals surface area contributed by atoms with Gasteiger partial charge in [0.05, 0.1) is 6.61 Å². The van der Waals surface area contributed by atoms with Crippen molar-refractivity contribution < 1.29 is 5.11 Å². The van der Waals surface area contributed by atoms with Gasteiger partial charge in [-0.05, 0) is 105 Å². The Morgan fingerprint density at radius 1 is 1.11 bits per heavy atom. The van der Waals surface area contributed by atoms with E-state index in [1.807, 2.05) is 12.5 Å². The maximum Gasteiger partial charge on any atom is 0.0639 e. The molecule has 0 aromatic carbocycles. The van der Waals surface area contributed by atoms with Gasteiger partial charge in [0.15, 0.2) is 0 Å². The van der Waals surface area contributed by atoms with Gasteiger partial charge in [-0.15, -0.1) is 0 Å². The first-order valence-electron chi connectivity index (χ1n) is 12.4. The van der Waals surface area contributed by atoms with Gasteiger partial charge in [0.25, 0.3) is 0 Å². The fourth-order valence-electron chi connectivity index (χ4n) is 8.38. The van der Waals surface area contributed by atoms with Crippen molar-refractivity contribution in [1.82, 2.24) is 0 Å². The third kappa shape index (κ3) is 3.34. The Morgan fingerprint density at radius 3 is 2.68 bits per heavy atom. The van der Waals surface area contributed by atoms with Gasteiger partial charge in [-0.3, -0.25) is 0 Å². The van der Waals surface area contributed by atoms with Crippen molar-refractivity contribution in [2.24, 2.45) is 40.4 Å². The molecule has 4 rings (SSSR count). The summed E-state index contributed by atoms with van der Waals surface area (Å²) in [5.41, 5.74) is 4.20. The number of hydrogen-bond acceptors (Lipinski definition) is 1. The van der Waals surface area contributed by atoms with Gasteiger partial charge in [-0.25, -0.2) is 0 Å². The van der Waals surface area contributed by atoms with Crippen LogP contribution in [0.3, 0.4) is 0 Å². The lowest BCUT2D eigenvalue weighted by molar-refractivity contribution is -0.00777. The molecule has 7 atom stereocenters. The number of allylic oxidation sites excluding steroid dienone is 3. The van der Waals surface area contributed by atoms with E-state index >= 15 is 0 Å². The SMILES string of the molecule is CC(=CCC[C@@H](C)[C@H]1CC[C@H]2C3=CCC4CCCC[C@]4(C)[C@H]3CC[C@]12C)CO. The maximum absolute atomic E-state index is 9.25. The Morgan fingerprint density at radius 2 is 1.89 bits per heavy atom. The largest absolute Gasteiger partial charge is 0.392 e. The lowest BCUT2D eigenvalue weighted by Crippen LogP contribution is -2.48. The van der Waals surface area contributed by atoms with Crippen LogP contribution < -0.4 is 0 Å². The van der Waals surface area contributed by atoms with E-state index in [2.05, 4.69) is 32.9 Å². The first-order valence-corrected chi connectivity index (χ1v) is 12.4. The van der Waals surface area contributed by atoms with Gasteiger partial charge in [0, 0.05) is 0 Å². The number of aliphatic hydroxyl groups excluding tert-OH is 1. The van der Waals surface area contributed by atoms with Crippen LogP contribution in [0.2, 0.25) is 0 Å². The quantitative estimate of drug-likeness (QED) is 0.493. The monoisotopic (exact) mass is 384 g/mol. The Labute approximate surface area is 174 Å². The minimum absolute atomic E-state index is 0.215. The first kappa shape index (κ1) is 20.7. The molecule has 3 saturated carbocycles. The van der Waals surface area contributed by atoms with E-state index in [0.29, 0.717) is 10.8 Å². The molecule has 1 unspecified atom stereocenters. The Balaban J connectivity index is 1.49. The molecule has 0 heterocycles. The highest BCUT2D eigenvalue weighted by molar-refractivity contribution is 5.27. The zero-order valence-electron chi connectivity index (χ0n) is 19.0. The Hall–Kier alpha value is -0.560. The topological polar surface area (TPSA) is 20.2 Å². The third-order valence-electron chi connectivity index (χ3n) is 10.1. The van der Waals surface area contributed by atoms with E-state index in [1.165, 1.54) is 64.2 Å². The first-order chi connectivity index (χ1) is 13.4. The van der Waals surface area contributed by atoms with Gasteiger partial charge in [0.1, 0.15) is 0 Å². The molecule has 0 aromatic rings. The van der Waals surface area contributed by atoms with E-state index in [0.717, 1.165) is 41.6 Å². The molecule has 0 bridgehead atoms. The normalized spacial score (nSPS) is 44.3. The number of aliphatic hydroxyl groups is 1. The van der Waals surface area contributed by atoms with E-state index in [9.17, 15) is 5.11 Å². The predicted octanol–water partition coefficient (Wildman–Crippen LogP) is 7.31. The molecule has 28 heavy (non-hydrogen) atoms. The van der Waals surface area contributed by atoms with Crippen LogP contribution in [0.25, 0.3) is 0 Å². The minimum Gasteiger partial charge on any atom is -0.392 e. The summed E-state index contributed by atoms with van der Waals surface area (Å²) >= 11 is 0. The summed E-state index contributed by atoms with van der Waals surface area (Å²) in [6.45, 7) is 10.1. The highest BCUT2D eigenvalue weighted by Gasteiger charge is 2.57. The summed E-state index contributed by atoms with van der Waals surface area (Å²) in [7, 11) is 0. The average Bonchev–Trinajstić information content (AvgIpc) is 3.04. The second-order valence-corrected chi connectivity index (χ2v) is 11.5. The summed E-state index contributed by atoms with van der Waals surface area (Å²) in [6.07, 6.45) is 20.5. The van der Waals surface area contributed by atoms with Crippen molar-refractivity contribution in [3.63, 3.8) is 0 Å². The fraction of sp³-hybridized carbons (Fsp3) is 0.852. The van der Waals surface area contributed by atoms with Crippen LogP contribution in [-0.4, -0.2) is 11.7 Å². The van der Waals surface area contributed by atoms with Crippen molar-refractivity contribution in [3.05, 3.63) is 23.3 Å². The van der Waals surface area contributed by atoms with Crippen molar-refractivity contribution in [1.29, 1.82) is 0 Å². The van der Waals surface area contributed by atoms with Crippen molar-refractivity contribution in [3.8, 4) is 0 Å². The molecule has 158 valence electrons. The lowest BCUT2D eigenvalue weighted by atomic mass is 9.48. The highest BCUT2D eigenvalue weighted by atomic mass is 16.3. The van der Waals surface area contributed by atoms with Gasteiger partial charge in [0.2, 0.25) is 0 Å². The van der Waals surface area contributed by atoms with E-state index in [4.69, 9.17) is 0 Å². The zero-order valence-corrected chi connectivity index (χ0v) is 19.0. The van der Waals surface area contributed by atoms with Crippen LogP contribution in [0.4, 0.5) is 0 Å². The molecule has 0 radical (unpaired) electrons. The van der Waals surface area contributed by atoms with E-state index in [-0.39, 0.29) is 6.61 Å². The summed E-state index contributed by atoms with van der Waals surface area (Å²) in [6, 6.07) is 0. The fourth-order valence-corrected chi connectivity index (χ4v) is 8.38. The zero-order chi connectivity index (χ0) is 19.9. The van der Waals surface area contributed by atoms with Crippen LogP contribution in [0.15, 0.2) is 23.3 Å². The molecule has 1 heteroatoms. The third-order valence-corrected chi connectivity index (χ3v) is 10.1. The molecule has 1 N–H and O–H groups in total. The Bertz CT molecular complexity index is 630. The van der Waals surface area contributed by atoms with Gasteiger partial charge >= 0.3 is 0 Å². The summed E-state index contributed by atoms with van der Waals surface area (Å²) < 4.78 is 0. The van der Waals surface area contributed by atoms with Crippen LogP contribution in [0.5, 0.6) is 0 Å². The van der Waals surface area contributed by atoms with Crippen LogP contribution in [0, 0.1) is 40.4 Å². The molecule has 4 aliphatic rings. The molecule has 0 saturated heterocycles. The van der Waals surface area contributed by atoms with Gasteiger partial charge < -0.3 is 5.11 Å². The molecule has 0 aliphatic heterocycles.